The van der Waals surface area contributed by atoms with Crippen molar-refractivity contribution in [3.63, 3.8) is 0 Å². The number of halogens is 1. The molecule has 1 aromatic carbocycles. The fourth-order valence-electron chi connectivity index (χ4n) is 3.18. The second kappa shape index (κ2) is 10.3. The van der Waals surface area contributed by atoms with E-state index in [0.29, 0.717) is 0 Å². The van der Waals surface area contributed by atoms with Crippen LogP contribution < -0.4 is 0 Å². The SMILES string of the molecule is CCCCN(C)CC1CCN(CCSc2ccc(F)cc2)CC1. The topological polar surface area (TPSA) is 6.48 Å². The highest BCUT2D eigenvalue weighted by atomic mass is 32.2. The van der Waals surface area contributed by atoms with Crippen LogP contribution in [0.5, 0.6) is 0 Å². The van der Waals surface area contributed by atoms with E-state index >= 15 is 0 Å². The third-order valence-electron chi connectivity index (χ3n) is 4.66. The summed E-state index contributed by atoms with van der Waals surface area (Å²) in [4.78, 5) is 6.26. The molecule has 1 saturated heterocycles. The average Bonchev–Trinajstić information content (AvgIpc) is 2.56. The molecule has 1 heterocycles. The molecule has 0 atom stereocenters. The van der Waals surface area contributed by atoms with Crippen molar-refractivity contribution in [2.75, 3.05) is 45.5 Å². The maximum atomic E-state index is 12.9. The Bertz CT molecular complexity index is 430. The van der Waals surface area contributed by atoms with Crippen molar-refractivity contribution in [1.29, 1.82) is 0 Å². The van der Waals surface area contributed by atoms with E-state index < -0.39 is 0 Å². The molecule has 0 unspecified atom stereocenters. The fraction of sp³-hybridized carbons (Fsp3) is 0.684. The summed E-state index contributed by atoms with van der Waals surface area (Å²) in [6.45, 7) is 8.37. The van der Waals surface area contributed by atoms with Crippen LogP contribution in [0, 0.1) is 11.7 Å². The minimum absolute atomic E-state index is 0.152. The van der Waals surface area contributed by atoms with E-state index in [4.69, 9.17) is 0 Å². The van der Waals surface area contributed by atoms with Gasteiger partial charge in [-0.1, -0.05) is 13.3 Å². The van der Waals surface area contributed by atoms with E-state index in [1.807, 2.05) is 23.9 Å². The van der Waals surface area contributed by atoms with E-state index in [1.54, 1.807) is 12.1 Å². The number of piperidine rings is 1. The molecule has 0 aliphatic carbocycles. The second-order valence-electron chi connectivity index (χ2n) is 6.70. The van der Waals surface area contributed by atoms with Gasteiger partial charge in [0.05, 0.1) is 0 Å². The molecule has 1 fully saturated rings. The third-order valence-corrected chi connectivity index (χ3v) is 5.65. The van der Waals surface area contributed by atoms with Gasteiger partial charge >= 0.3 is 0 Å². The Kier molecular flexibility index (Phi) is 8.41. The molecule has 130 valence electrons. The number of unbranched alkanes of at least 4 members (excludes halogenated alkanes) is 1. The summed E-state index contributed by atoms with van der Waals surface area (Å²) in [5.74, 6) is 1.81. The average molecular weight is 339 g/mol. The molecule has 0 spiro atoms. The standard InChI is InChI=1S/C19H31FN2S/c1-3-4-11-21(2)16-17-9-12-22(13-10-17)14-15-23-19-7-5-18(20)6-8-19/h5-8,17H,3-4,9-16H2,1-2H3. The van der Waals surface area contributed by atoms with Crippen molar-refractivity contribution < 1.29 is 4.39 Å². The minimum atomic E-state index is -0.152. The van der Waals surface area contributed by atoms with E-state index in [1.165, 1.54) is 56.8 Å². The molecule has 0 radical (unpaired) electrons. The van der Waals surface area contributed by atoms with Gasteiger partial charge in [0.25, 0.3) is 0 Å². The lowest BCUT2D eigenvalue weighted by Crippen LogP contribution is -2.38. The highest BCUT2D eigenvalue weighted by molar-refractivity contribution is 7.99. The number of hydrogen-bond donors (Lipinski definition) is 0. The zero-order chi connectivity index (χ0) is 16.5. The Morgan fingerprint density at radius 3 is 2.57 bits per heavy atom. The first-order chi connectivity index (χ1) is 11.2. The molecule has 4 heteroatoms. The quantitative estimate of drug-likeness (QED) is 0.618. The summed E-state index contributed by atoms with van der Waals surface area (Å²) < 4.78 is 12.9. The monoisotopic (exact) mass is 338 g/mol. The summed E-state index contributed by atoms with van der Waals surface area (Å²) >= 11 is 1.83. The molecular weight excluding hydrogens is 307 g/mol. The van der Waals surface area contributed by atoms with Gasteiger partial charge in [0.15, 0.2) is 0 Å². The smallest absolute Gasteiger partial charge is 0.123 e. The molecule has 0 bridgehead atoms. The van der Waals surface area contributed by atoms with Crippen molar-refractivity contribution in [1.82, 2.24) is 9.80 Å². The first-order valence-electron chi connectivity index (χ1n) is 8.96. The largest absolute Gasteiger partial charge is 0.306 e. The first kappa shape index (κ1) is 18.8. The Labute approximate surface area is 145 Å². The van der Waals surface area contributed by atoms with Gasteiger partial charge in [0.1, 0.15) is 5.82 Å². The van der Waals surface area contributed by atoms with E-state index in [9.17, 15) is 4.39 Å². The van der Waals surface area contributed by atoms with Crippen LogP contribution in [0.15, 0.2) is 29.2 Å². The number of likely N-dealkylation sites (tertiary alicyclic amines) is 1. The minimum Gasteiger partial charge on any atom is -0.306 e. The lowest BCUT2D eigenvalue weighted by molar-refractivity contribution is 0.160. The molecule has 1 aliphatic rings. The summed E-state index contributed by atoms with van der Waals surface area (Å²) in [6.07, 6.45) is 5.26. The van der Waals surface area contributed by atoms with Gasteiger partial charge in [-0.15, -0.1) is 11.8 Å². The van der Waals surface area contributed by atoms with E-state index in [-0.39, 0.29) is 5.82 Å². The van der Waals surface area contributed by atoms with Crippen LogP contribution in [0.3, 0.4) is 0 Å². The van der Waals surface area contributed by atoms with Crippen LogP contribution in [0.2, 0.25) is 0 Å². The maximum absolute atomic E-state index is 12.9. The number of nitrogens with zero attached hydrogens (tertiary/aromatic N) is 2. The van der Waals surface area contributed by atoms with Crippen LogP contribution in [-0.2, 0) is 0 Å². The zero-order valence-electron chi connectivity index (χ0n) is 14.6. The molecule has 0 N–H and O–H groups in total. The highest BCUT2D eigenvalue weighted by Gasteiger charge is 2.19. The molecule has 2 nitrogen and oxygen atoms in total. The van der Waals surface area contributed by atoms with Crippen LogP contribution in [-0.4, -0.2) is 55.3 Å². The van der Waals surface area contributed by atoms with Crippen molar-refractivity contribution in [2.24, 2.45) is 5.92 Å². The number of hydrogen-bond acceptors (Lipinski definition) is 3. The second-order valence-corrected chi connectivity index (χ2v) is 7.87. The molecule has 0 amide bonds. The Balaban J connectivity index is 1.58. The maximum Gasteiger partial charge on any atom is 0.123 e. The molecule has 1 aliphatic heterocycles. The van der Waals surface area contributed by atoms with Gasteiger partial charge in [-0.3, -0.25) is 0 Å². The lowest BCUT2D eigenvalue weighted by Gasteiger charge is -2.33. The predicted molar refractivity (Wildman–Crippen MR) is 98.7 cm³/mol. The normalized spacial score (nSPS) is 17.0. The fourth-order valence-corrected chi connectivity index (χ4v) is 4.09. The lowest BCUT2D eigenvalue weighted by atomic mass is 9.96. The Morgan fingerprint density at radius 1 is 1.22 bits per heavy atom. The van der Waals surface area contributed by atoms with Gasteiger partial charge in [-0.2, -0.15) is 0 Å². The van der Waals surface area contributed by atoms with E-state index in [0.717, 1.165) is 18.2 Å². The van der Waals surface area contributed by atoms with Gasteiger partial charge in [0, 0.05) is 23.7 Å². The number of thioether (sulfide) groups is 1. The van der Waals surface area contributed by atoms with Gasteiger partial charge in [-0.25, -0.2) is 4.39 Å². The van der Waals surface area contributed by atoms with Crippen molar-refractivity contribution in [3.05, 3.63) is 30.1 Å². The Morgan fingerprint density at radius 2 is 1.91 bits per heavy atom. The summed E-state index contributed by atoms with van der Waals surface area (Å²) in [5.41, 5.74) is 0. The first-order valence-corrected chi connectivity index (χ1v) is 9.95. The molecule has 2 rings (SSSR count). The number of benzene rings is 1. The van der Waals surface area contributed by atoms with Gasteiger partial charge in [-0.05, 0) is 76.1 Å². The molecule has 0 aromatic heterocycles. The molecular formula is C19H31FN2S. The van der Waals surface area contributed by atoms with Crippen molar-refractivity contribution >= 4 is 11.8 Å². The predicted octanol–water partition coefficient (Wildman–Crippen LogP) is 4.36. The molecule has 23 heavy (non-hydrogen) atoms. The van der Waals surface area contributed by atoms with Crippen molar-refractivity contribution in [3.8, 4) is 0 Å². The van der Waals surface area contributed by atoms with Crippen molar-refractivity contribution in [2.45, 2.75) is 37.5 Å². The zero-order valence-corrected chi connectivity index (χ0v) is 15.5. The summed E-state index contributed by atoms with van der Waals surface area (Å²) in [6, 6.07) is 6.84. The Hall–Kier alpha value is -0.580. The molecule has 1 aromatic rings. The van der Waals surface area contributed by atoms with Crippen LogP contribution in [0.1, 0.15) is 32.6 Å². The summed E-state index contributed by atoms with van der Waals surface area (Å²) in [5, 5.41) is 0. The summed E-state index contributed by atoms with van der Waals surface area (Å²) in [7, 11) is 2.27. The van der Waals surface area contributed by atoms with Crippen LogP contribution in [0.25, 0.3) is 0 Å². The van der Waals surface area contributed by atoms with E-state index in [2.05, 4.69) is 23.8 Å². The van der Waals surface area contributed by atoms with Crippen LogP contribution in [0.4, 0.5) is 4.39 Å². The van der Waals surface area contributed by atoms with Gasteiger partial charge in [0.2, 0.25) is 0 Å². The molecule has 0 saturated carbocycles. The highest BCUT2D eigenvalue weighted by Crippen LogP contribution is 2.21. The number of rotatable bonds is 9. The van der Waals surface area contributed by atoms with Gasteiger partial charge < -0.3 is 9.80 Å². The third kappa shape index (κ3) is 7.23. The van der Waals surface area contributed by atoms with Crippen LogP contribution >= 0.6 is 11.8 Å².